The van der Waals surface area contributed by atoms with E-state index in [0.717, 1.165) is 18.3 Å². The lowest BCUT2D eigenvalue weighted by atomic mass is 10.0. The second-order valence-corrected chi connectivity index (χ2v) is 6.97. The third-order valence-electron chi connectivity index (χ3n) is 4.43. The Kier molecular flexibility index (Phi) is 5.69. The molecule has 0 aliphatic carbocycles. The van der Waals surface area contributed by atoms with E-state index in [9.17, 15) is 22.8 Å². The number of nitrogen functional groups attached to an aromatic ring is 1. The van der Waals surface area contributed by atoms with Crippen LogP contribution in [-0.4, -0.2) is 26.6 Å². The maximum absolute atomic E-state index is 12.8. The van der Waals surface area contributed by atoms with Crippen LogP contribution in [0.3, 0.4) is 0 Å². The number of carbonyl (C=O) groups excluding carboxylic acids is 2. The Morgan fingerprint density at radius 2 is 1.77 bits per heavy atom. The van der Waals surface area contributed by atoms with Gasteiger partial charge in [-0.3, -0.25) is 9.59 Å². The normalized spacial score (nSPS) is 11.5. The zero-order valence-electron chi connectivity index (χ0n) is 16.6. The van der Waals surface area contributed by atoms with Gasteiger partial charge in [0.05, 0.1) is 5.56 Å². The minimum atomic E-state index is -4.55. The number of alkyl halides is 3. The van der Waals surface area contributed by atoms with Gasteiger partial charge in [0.25, 0.3) is 11.8 Å². The number of nitrogens with two attached hydrogens (primary N) is 2. The van der Waals surface area contributed by atoms with Crippen molar-refractivity contribution in [2.45, 2.75) is 26.1 Å². The third-order valence-corrected chi connectivity index (χ3v) is 4.43. The summed E-state index contributed by atoms with van der Waals surface area (Å²) in [5.41, 5.74) is 11.5. The van der Waals surface area contributed by atoms with Crippen molar-refractivity contribution in [3.8, 4) is 11.3 Å². The molecule has 0 unspecified atom stereocenters. The molecule has 0 fully saturated rings. The van der Waals surface area contributed by atoms with E-state index < -0.39 is 23.6 Å². The Balaban J connectivity index is 1.87. The zero-order valence-corrected chi connectivity index (χ0v) is 16.6. The van der Waals surface area contributed by atoms with Gasteiger partial charge in [0.2, 0.25) is 0 Å². The SMILES string of the molecule is CC(C)n1nc(-c2ccc(C(=O)Nc3cc(C(F)(F)F)ccn3)cc2)c(C(N)=O)c1N. The quantitative estimate of drug-likeness (QED) is 0.569. The Labute approximate surface area is 175 Å². The number of nitrogens with one attached hydrogen (secondary N) is 1. The van der Waals surface area contributed by atoms with Crippen molar-refractivity contribution in [1.82, 2.24) is 14.8 Å². The second-order valence-electron chi connectivity index (χ2n) is 6.97. The highest BCUT2D eigenvalue weighted by atomic mass is 19.4. The first-order valence-corrected chi connectivity index (χ1v) is 9.12. The molecule has 0 spiro atoms. The number of amides is 2. The minimum Gasteiger partial charge on any atom is -0.383 e. The number of nitrogens with zero attached hydrogens (tertiary/aromatic N) is 3. The van der Waals surface area contributed by atoms with Gasteiger partial charge in [-0.2, -0.15) is 18.3 Å². The van der Waals surface area contributed by atoms with E-state index in [4.69, 9.17) is 11.5 Å². The summed E-state index contributed by atoms with van der Waals surface area (Å²) >= 11 is 0. The molecular weight excluding hydrogens is 413 g/mol. The first kappa shape index (κ1) is 21.8. The summed E-state index contributed by atoms with van der Waals surface area (Å²) < 4.78 is 39.9. The van der Waals surface area contributed by atoms with Gasteiger partial charge in [-0.25, -0.2) is 9.67 Å². The zero-order chi connectivity index (χ0) is 22.9. The van der Waals surface area contributed by atoms with Crippen LogP contribution in [0.2, 0.25) is 0 Å². The fraction of sp³-hybridized carbons (Fsp3) is 0.200. The number of carbonyl (C=O) groups is 2. The van der Waals surface area contributed by atoms with Gasteiger partial charge in [0.1, 0.15) is 22.9 Å². The first-order valence-electron chi connectivity index (χ1n) is 9.12. The molecule has 0 bridgehead atoms. The molecule has 2 heterocycles. The molecule has 1 aromatic carbocycles. The van der Waals surface area contributed by atoms with E-state index in [2.05, 4.69) is 15.4 Å². The number of hydrogen-bond acceptors (Lipinski definition) is 5. The number of rotatable bonds is 5. The fourth-order valence-electron chi connectivity index (χ4n) is 2.93. The lowest BCUT2D eigenvalue weighted by molar-refractivity contribution is -0.137. The molecule has 0 aliphatic rings. The molecule has 0 atom stereocenters. The van der Waals surface area contributed by atoms with Gasteiger partial charge in [-0.15, -0.1) is 0 Å². The average Bonchev–Trinajstić information content (AvgIpc) is 3.05. The molecule has 31 heavy (non-hydrogen) atoms. The Morgan fingerprint density at radius 3 is 2.32 bits per heavy atom. The summed E-state index contributed by atoms with van der Waals surface area (Å²) in [4.78, 5) is 28.0. The number of halogens is 3. The van der Waals surface area contributed by atoms with E-state index in [0.29, 0.717) is 5.56 Å². The van der Waals surface area contributed by atoms with E-state index in [1.807, 2.05) is 13.8 Å². The molecular formula is C20H19F3N6O2. The van der Waals surface area contributed by atoms with Crippen LogP contribution in [0.4, 0.5) is 24.8 Å². The molecule has 3 aromatic rings. The summed E-state index contributed by atoms with van der Waals surface area (Å²) in [5, 5.41) is 6.67. The van der Waals surface area contributed by atoms with Crippen LogP contribution in [0.15, 0.2) is 42.6 Å². The van der Waals surface area contributed by atoms with Crippen molar-refractivity contribution in [2.75, 3.05) is 11.1 Å². The van der Waals surface area contributed by atoms with Gasteiger partial charge in [-0.05, 0) is 38.1 Å². The summed E-state index contributed by atoms with van der Waals surface area (Å²) in [6.07, 6.45) is -3.59. The van der Waals surface area contributed by atoms with Crippen LogP contribution in [-0.2, 0) is 6.18 Å². The van der Waals surface area contributed by atoms with E-state index in [-0.39, 0.29) is 34.5 Å². The largest absolute Gasteiger partial charge is 0.416 e. The lowest BCUT2D eigenvalue weighted by Gasteiger charge is -2.09. The van der Waals surface area contributed by atoms with Gasteiger partial charge in [0.15, 0.2) is 0 Å². The van der Waals surface area contributed by atoms with Crippen molar-refractivity contribution >= 4 is 23.5 Å². The standard InChI is InChI=1S/C20H19F3N6O2/c1-10(2)29-17(24)15(18(25)30)16(28-29)11-3-5-12(6-4-11)19(31)27-14-9-13(7-8-26-14)20(21,22)23/h3-10H,24H2,1-2H3,(H2,25,30)(H,26,27,31). The summed E-state index contributed by atoms with van der Waals surface area (Å²) in [6, 6.07) is 7.38. The van der Waals surface area contributed by atoms with Crippen LogP contribution < -0.4 is 16.8 Å². The number of anilines is 2. The van der Waals surface area contributed by atoms with Crippen molar-refractivity contribution < 1.29 is 22.8 Å². The highest BCUT2D eigenvalue weighted by molar-refractivity contribution is 6.05. The number of pyridine rings is 1. The smallest absolute Gasteiger partial charge is 0.383 e. The van der Waals surface area contributed by atoms with Crippen molar-refractivity contribution in [3.63, 3.8) is 0 Å². The number of hydrogen-bond donors (Lipinski definition) is 3. The predicted molar refractivity (Wildman–Crippen MR) is 108 cm³/mol. The molecule has 0 radical (unpaired) electrons. The average molecular weight is 432 g/mol. The summed E-state index contributed by atoms with van der Waals surface area (Å²) in [7, 11) is 0. The Bertz CT molecular complexity index is 1140. The van der Waals surface area contributed by atoms with Gasteiger partial charge >= 0.3 is 6.18 Å². The Morgan fingerprint density at radius 1 is 1.13 bits per heavy atom. The van der Waals surface area contributed by atoms with E-state index >= 15 is 0 Å². The molecule has 2 amide bonds. The molecule has 0 saturated heterocycles. The molecule has 11 heteroatoms. The maximum atomic E-state index is 12.8. The third kappa shape index (κ3) is 4.49. The molecule has 162 valence electrons. The Hall–Kier alpha value is -3.89. The van der Waals surface area contributed by atoms with E-state index in [1.54, 1.807) is 0 Å². The molecule has 3 rings (SSSR count). The monoisotopic (exact) mass is 432 g/mol. The molecule has 8 nitrogen and oxygen atoms in total. The van der Waals surface area contributed by atoms with Crippen LogP contribution in [0.1, 0.15) is 46.2 Å². The topological polar surface area (TPSA) is 129 Å². The van der Waals surface area contributed by atoms with Crippen LogP contribution >= 0.6 is 0 Å². The minimum absolute atomic E-state index is 0.0686. The first-order chi connectivity index (χ1) is 14.5. The predicted octanol–water partition coefficient (Wildman–Crippen LogP) is 3.48. The van der Waals surface area contributed by atoms with Crippen LogP contribution in [0, 0.1) is 0 Å². The highest BCUT2D eigenvalue weighted by Gasteiger charge is 2.31. The number of benzene rings is 1. The molecule has 5 N–H and O–H groups in total. The van der Waals surface area contributed by atoms with Crippen molar-refractivity contribution in [2.24, 2.45) is 5.73 Å². The molecule has 2 aromatic heterocycles. The van der Waals surface area contributed by atoms with E-state index in [1.165, 1.54) is 28.9 Å². The van der Waals surface area contributed by atoms with Crippen LogP contribution in [0.25, 0.3) is 11.3 Å². The summed E-state index contributed by atoms with van der Waals surface area (Å²) in [6.45, 7) is 3.68. The summed E-state index contributed by atoms with van der Waals surface area (Å²) in [5.74, 6) is -1.49. The second kappa shape index (κ2) is 8.09. The van der Waals surface area contributed by atoms with Crippen molar-refractivity contribution in [1.29, 1.82) is 0 Å². The van der Waals surface area contributed by atoms with Gasteiger partial charge in [0, 0.05) is 23.4 Å². The van der Waals surface area contributed by atoms with Gasteiger partial charge in [-0.1, -0.05) is 12.1 Å². The number of aromatic nitrogens is 3. The van der Waals surface area contributed by atoms with Crippen molar-refractivity contribution in [3.05, 3.63) is 59.3 Å². The van der Waals surface area contributed by atoms with Gasteiger partial charge < -0.3 is 16.8 Å². The number of primary amides is 1. The lowest BCUT2D eigenvalue weighted by Crippen LogP contribution is -2.15. The molecule has 0 aliphatic heterocycles. The highest BCUT2D eigenvalue weighted by Crippen LogP contribution is 2.31. The fourth-order valence-corrected chi connectivity index (χ4v) is 2.93. The maximum Gasteiger partial charge on any atom is 0.416 e. The van der Waals surface area contributed by atoms with Crippen LogP contribution in [0.5, 0.6) is 0 Å². The molecule has 0 saturated carbocycles.